The molecular weight excluding hydrogens is 304 g/mol. The summed E-state index contributed by atoms with van der Waals surface area (Å²) in [7, 11) is -0.575. The molecule has 0 heterocycles. The highest BCUT2D eigenvalue weighted by Gasteiger charge is 2.18. The van der Waals surface area contributed by atoms with Crippen molar-refractivity contribution < 1.29 is 17.9 Å². The lowest BCUT2D eigenvalue weighted by Gasteiger charge is -2.18. The molecule has 0 aliphatic heterocycles. The second-order valence-electron chi connectivity index (χ2n) is 4.00. The second-order valence-corrected chi connectivity index (χ2v) is 6.22. The standard InChI is InChI=1S/C12H19ClN2O4S/c1-4-15(2)20(16,17)14-11-9-10(13)5-6-12(11)19-8-7-18-3/h5-6,9,14H,4,7-8H2,1-3H3. The molecule has 0 aromatic heterocycles. The number of benzene rings is 1. The molecule has 8 heteroatoms. The summed E-state index contributed by atoms with van der Waals surface area (Å²) in [6, 6.07) is 4.75. The molecule has 114 valence electrons. The second kappa shape index (κ2) is 7.68. The maximum absolute atomic E-state index is 12.0. The van der Waals surface area contributed by atoms with Crippen LogP contribution in [0, 0.1) is 0 Å². The van der Waals surface area contributed by atoms with E-state index in [1.54, 1.807) is 26.2 Å². The van der Waals surface area contributed by atoms with Crippen molar-refractivity contribution in [3.8, 4) is 5.75 Å². The number of anilines is 1. The molecule has 0 saturated carbocycles. The number of nitrogens with zero attached hydrogens (tertiary/aromatic N) is 1. The summed E-state index contributed by atoms with van der Waals surface area (Å²) in [6.45, 7) is 2.82. The van der Waals surface area contributed by atoms with E-state index in [4.69, 9.17) is 21.1 Å². The summed E-state index contributed by atoms with van der Waals surface area (Å²) in [5.74, 6) is 0.402. The van der Waals surface area contributed by atoms with Crippen LogP contribution in [0.5, 0.6) is 5.75 Å². The van der Waals surface area contributed by atoms with E-state index in [9.17, 15) is 8.42 Å². The van der Waals surface area contributed by atoms with Gasteiger partial charge in [-0.25, -0.2) is 0 Å². The highest BCUT2D eigenvalue weighted by molar-refractivity contribution is 7.90. The first kappa shape index (κ1) is 17.0. The van der Waals surface area contributed by atoms with E-state index in [-0.39, 0.29) is 0 Å². The minimum absolute atomic E-state index is 0.300. The lowest BCUT2D eigenvalue weighted by Crippen LogP contribution is -2.32. The van der Waals surface area contributed by atoms with Crippen LogP contribution < -0.4 is 9.46 Å². The van der Waals surface area contributed by atoms with Crippen molar-refractivity contribution >= 4 is 27.5 Å². The molecule has 0 atom stereocenters. The Morgan fingerprint density at radius 2 is 2.05 bits per heavy atom. The predicted molar refractivity (Wildman–Crippen MR) is 79.7 cm³/mol. The van der Waals surface area contributed by atoms with Crippen LogP contribution in [0.15, 0.2) is 18.2 Å². The number of hydrogen-bond acceptors (Lipinski definition) is 4. The van der Waals surface area contributed by atoms with Crippen LogP contribution in [0.25, 0.3) is 0 Å². The molecule has 0 spiro atoms. The Kier molecular flexibility index (Phi) is 6.54. The van der Waals surface area contributed by atoms with Gasteiger partial charge in [-0.2, -0.15) is 12.7 Å². The van der Waals surface area contributed by atoms with Crippen molar-refractivity contribution in [2.45, 2.75) is 6.92 Å². The fourth-order valence-electron chi connectivity index (χ4n) is 1.33. The average molecular weight is 323 g/mol. The van der Waals surface area contributed by atoms with Crippen molar-refractivity contribution in [1.29, 1.82) is 0 Å². The highest BCUT2D eigenvalue weighted by Crippen LogP contribution is 2.29. The highest BCUT2D eigenvalue weighted by atomic mass is 35.5. The molecule has 0 saturated heterocycles. The zero-order chi connectivity index (χ0) is 15.2. The number of rotatable bonds is 8. The third-order valence-electron chi connectivity index (χ3n) is 2.58. The van der Waals surface area contributed by atoms with Crippen molar-refractivity contribution in [1.82, 2.24) is 4.31 Å². The first-order chi connectivity index (χ1) is 9.40. The van der Waals surface area contributed by atoms with Gasteiger partial charge in [-0.05, 0) is 18.2 Å². The molecule has 0 aliphatic rings. The lowest BCUT2D eigenvalue weighted by atomic mass is 10.3. The normalized spacial score (nSPS) is 11.7. The van der Waals surface area contributed by atoms with E-state index < -0.39 is 10.2 Å². The molecule has 6 nitrogen and oxygen atoms in total. The van der Waals surface area contributed by atoms with Crippen LogP contribution in [0.3, 0.4) is 0 Å². The topological polar surface area (TPSA) is 67.9 Å². The Bertz CT molecular complexity index is 536. The molecule has 0 unspecified atom stereocenters. The first-order valence-corrected chi connectivity index (χ1v) is 7.88. The van der Waals surface area contributed by atoms with Gasteiger partial charge in [0.05, 0.1) is 12.3 Å². The van der Waals surface area contributed by atoms with Crippen molar-refractivity contribution in [3.05, 3.63) is 23.2 Å². The fraction of sp³-hybridized carbons (Fsp3) is 0.500. The average Bonchev–Trinajstić information content (AvgIpc) is 2.40. The van der Waals surface area contributed by atoms with E-state index in [1.165, 1.54) is 17.4 Å². The predicted octanol–water partition coefficient (Wildman–Crippen LogP) is 1.97. The van der Waals surface area contributed by atoms with Gasteiger partial charge in [0.2, 0.25) is 0 Å². The molecule has 1 aromatic rings. The van der Waals surface area contributed by atoms with Crippen molar-refractivity contribution in [3.63, 3.8) is 0 Å². The zero-order valence-electron chi connectivity index (χ0n) is 11.7. The van der Waals surface area contributed by atoms with Gasteiger partial charge >= 0.3 is 10.2 Å². The quantitative estimate of drug-likeness (QED) is 0.743. The maximum atomic E-state index is 12.0. The van der Waals surface area contributed by atoms with Gasteiger partial charge in [-0.3, -0.25) is 4.72 Å². The van der Waals surface area contributed by atoms with Crippen LogP contribution in [-0.2, 0) is 14.9 Å². The van der Waals surface area contributed by atoms with Crippen LogP contribution in [0.2, 0.25) is 5.02 Å². The lowest BCUT2D eigenvalue weighted by molar-refractivity contribution is 0.146. The summed E-state index contributed by atoms with van der Waals surface area (Å²) < 4.78 is 38.0. The third-order valence-corrected chi connectivity index (χ3v) is 4.37. The monoisotopic (exact) mass is 322 g/mol. The Morgan fingerprint density at radius 1 is 1.35 bits per heavy atom. The maximum Gasteiger partial charge on any atom is 0.301 e. The molecular formula is C12H19ClN2O4S. The summed E-state index contributed by atoms with van der Waals surface area (Å²) in [5.41, 5.74) is 0.300. The van der Waals surface area contributed by atoms with Gasteiger partial charge in [0.15, 0.2) is 0 Å². The molecule has 0 amide bonds. The minimum Gasteiger partial charge on any atom is -0.489 e. The molecule has 0 aliphatic carbocycles. The van der Waals surface area contributed by atoms with E-state index in [0.29, 0.717) is 36.2 Å². The Morgan fingerprint density at radius 3 is 2.65 bits per heavy atom. The number of ether oxygens (including phenoxy) is 2. The van der Waals surface area contributed by atoms with Gasteiger partial charge in [-0.1, -0.05) is 18.5 Å². The third kappa shape index (κ3) is 4.82. The summed E-state index contributed by atoms with van der Waals surface area (Å²) in [5, 5.41) is 0.418. The van der Waals surface area contributed by atoms with Crippen LogP contribution in [0.1, 0.15) is 6.92 Å². The Labute approximate surface area is 124 Å². The van der Waals surface area contributed by atoms with Crippen molar-refractivity contribution in [2.24, 2.45) is 0 Å². The minimum atomic E-state index is -3.62. The van der Waals surface area contributed by atoms with Crippen LogP contribution in [-0.4, -0.2) is 46.6 Å². The van der Waals surface area contributed by atoms with Gasteiger partial charge in [0.1, 0.15) is 12.4 Å². The smallest absolute Gasteiger partial charge is 0.301 e. The first-order valence-electron chi connectivity index (χ1n) is 6.06. The van der Waals surface area contributed by atoms with Crippen LogP contribution >= 0.6 is 11.6 Å². The SMILES string of the molecule is CCN(C)S(=O)(=O)Nc1cc(Cl)ccc1OCCOC. The largest absolute Gasteiger partial charge is 0.489 e. The molecule has 1 N–H and O–H groups in total. The van der Waals surface area contributed by atoms with E-state index in [1.807, 2.05) is 0 Å². The molecule has 0 fully saturated rings. The number of nitrogens with one attached hydrogen (secondary N) is 1. The summed E-state index contributed by atoms with van der Waals surface area (Å²) in [6.07, 6.45) is 0. The Hall–Kier alpha value is -1.02. The number of methoxy groups -OCH3 is 1. The molecule has 1 rings (SSSR count). The van der Waals surface area contributed by atoms with E-state index in [2.05, 4.69) is 4.72 Å². The zero-order valence-corrected chi connectivity index (χ0v) is 13.3. The van der Waals surface area contributed by atoms with E-state index >= 15 is 0 Å². The van der Waals surface area contributed by atoms with Crippen LogP contribution in [0.4, 0.5) is 5.69 Å². The van der Waals surface area contributed by atoms with Gasteiger partial charge < -0.3 is 9.47 Å². The molecule has 20 heavy (non-hydrogen) atoms. The van der Waals surface area contributed by atoms with Gasteiger partial charge in [0.25, 0.3) is 0 Å². The van der Waals surface area contributed by atoms with E-state index in [0.717, 1.165) is 0 Å². The fourth-order valence-corrected chi connectivity index (χ4v) is 2.43. The molecule has 0 radical (unpaired) electrons. The Balaban J connectivity index is 2.95. The van der Waals surface area contributed by atoms with Gasteiger partial charge in [-0.15, -0.1) is 0 Å². The van der Waals surface area contributed by atoms with Gasteiger partial charge in [0, 0.05) is 25.7 Å². The number of halogens is 1. The molecule has 0 bridgehead atoms. The number of hydrogen-bond donors (Lipinski definition) is 1. The van der Waals surface area contributed by atoms with Crippen molar-refractivity contribution in [2.75, 3.05) is 38.6 Å². The summed E-state index contributed by atoms with van der Waals surface area (Å²) in [4.78, 5) is 0. The molecule has 1 aromatic carbocycles. The summed E-state index contributed by atoms with van der Waals surface area (Å²) >= 11 is 5.89.